The van der Waals surface area contributed by atoms with Gasteiger partial charge in [0.25, 0.3) is 11.6 Å². The minimum Gasteiger partial charge on any atom is -0.296 e. The number of hydrogen-bond donors (Lipinski definition) is 1. The number of nitrogens with zero attached hydrogens (tertiary/aromatic N) is 4. The lowest BCUT2D eigenvalue weighted by molar-refractivity contribution is -0.384. The molecule has 9 heteroatoms. The Kier molecular flexibility index (Phi) is 3.47. The fourth-order valence-corrected chi connectivity index (χ4v) is 2.76. The van der Waals surface area contributed by atoms with Crippen molar-refractivity contribution < 1.29 is 9.72 Å². The largest absolute Gasteiger partial charge is 0.296 e. The van der Waals surface area contributed by atoms with Crippen LogP contribution in [-0.2, 0) is 0 Å². The molecule has 2 heterocycles. The number of fused-ring (bicyclic) bond motifs is 1. The topological polar surface area (TPSA) is 111 Å². The van der Waals surface area contributed by atoms with Crippen LogP contribution >= 0.6 is 11.3 Å². The number of hydrogen-bond acceptors (Lipinski definition) is 7. The minimum atomic E-state index is -0.472. The van der Waals surface area contributed by atoms with E-state index < -0.39 is 10.8 Å². The van der Waals surface area contributed by atoms with Gasteiger partial charge in [0.15, 0.2) is 5.13 Å². The number of rotatable bonds is 3. The van der Waals surface area contributed by atoms with Gasteiger partial charge in [0.1, 0.15) is 5.69 Å². The molecular weight excluding hydrogens is 306 g/mol. The molecule has 0 radical (unpaired) electrons. The fraction of sp³-hybridized carbons (Fsp3) is 0.0769. The van der Waals surface area contributed by atoms with Crippen LogP contribution in [0.2, 0.25) is 0 Å². The number of benzene rings is 1. The zero-order valence-corrected chi connectivity index (χ0v) is 12.1. The minimum absolute atomic E-state index is 0.0150. The second-order valence-corrected chi connectivity index (χ2v) is 5.40. The maximum absolute atomic E-state index is 12.1. The Morgan fingerprint density at radius 3 is 2.82 bits per heavy atom. The Morgan fingerprint density at radius 2 is 2.09 bits per heavy atom. The number of aromatic nitrogens is 3. The van der Waals surface area contributed by atoms with E-state index in [2.05, 4.69) is 20.3 Å². The predicted octanol–water partition coefficient (Wildman–Crippen LogP) is 2.56. The number of anilines is 1. The monoisotopic (exact) mass is 315 g/mol. The molecule has 110 valence electrons. The van der Waals surface area contributed by atoms with E-state index >= 15 is 0 Å². The van der Waals surface area contributed by atoms with Crippen LogP contribution in [0.25, 0.3) is 10.2 Å². The maximum Gasteiger partial charge on any atom is 0.277 e. The number of nitrogens with one attached hydrogen (secondary N) is 1. The molecule has 2 aromatic heterocycles. The van der Waals surface area contributed by atoms with Gasteiger partial charge in [-0.1, -0.05) is 11.3 Å². The van der Waals surface area contributed by atoms with Crippen molar-refractivity contribution in [2.24, 2.45) is 0 Å². The standard InChI is InChI=1S/C13H9N5O3S/c1-7-11(15-5-4-14-7)12(19)17-13-16-9-3-2-8(18(20)21)6-10(9)22-13/h2-6H,1H3,(H,16,17,19). The Labute approximate surface area is 128 Å². The second-order valence-electron chi connectivity index (χ2n) is 4.37. The van der Waals surface area contributed by atoms with Gasteiger partial charge in [-0.2, -0.15) is 0 Å². The van der Waals surface area contributed by atoms with Crippen LogP contribution in [0.4, 0.5) is 10.8 Å². The summed E-state index contributed by atoms with van der Waals surface area (Å²) in [5.74, 6) is -0.417. The van der Waals surface area contributed by atoms with Gasteiger partial charge in [0, 0.05) is 24.5 Å². The molecule has 0 spiro atoms. The lowest BCUT2D eigenvalue weighted by atomic mass is 10.3. The summed E-state index contributed by atoms with van der Waals surface area (Å²) < 4.78 is 0.625. The van der Waals surface area contributed by atoms with E-state index in [0.29, 0.717) is 21.0 Å². The normalized spacial score (nSPS) is 10.6. The van der Waals surface area contributed by atoms with E-state index in [1.807, 2.05) is 0 Å². The molecule has 1 N–H and O–H groups in total. The molecule has 0 aliphatic heterocycles. The highest BCUT2D eigenvalue weighted by Crippen LogP contribution is 2.29. The van der Waals surface area contributed by atoms with Gasteiger partial charge in [0.2, 0.25) is 0 Å². The molecule has 0 aliphatic carbocycles. The van der Waals surface area contributed by atoms with E-state index in [1.54, 1.807) is 13.0 Å². The first-order valence-corrected chi connectivity index (χ1v) is 7.00. The van der Waals surface area contributed by atoms with Gasteiger partial charge in [-0.3, -0.25) is 25.2 Å². The van der Waals surface area contributed by atoms with E-state index in [0.717, 1.165) is 11.3 Å². The van der Waals surface area contributed by atoms with Crippen LogP contribution in [0.15, 0.2) is 30.6 Å². The first-order valence-electron chi connectivity index (χ1n) is 6.18. The van der Waals surface area contributed by atoms with Crippen molar-refractivity contribution in [2.75, 3.05) is 5.32 Å². The Morgan fingerprint density at radius 1 is 1.32 bits per heavy atom. The summed E-state index contributed by atoms with van der Waals surface area (Å²) in [6.07, 6.45) is 2.94. The highest BCUT2D eigenvalue weighted by molar-refractivity contribution is 7.22. The third-order valence-corrected chi connectivity index (χ3v) is 3.83. The molecule has 1 amide bonds. The molecule has 0 saturated heterocycles. The smallest absolute Gasteiger partial charge is 0.277 e. The Bertz CT molecular complexity index is 892. The van der Waals surface area contributed by atoms with E-state index in [-0.39, 0.29) is 11.4 Å². The molecule has 0 bridgehead atoms. The highest BCUT2D eigenvalue weighted by Gasteiger charge is 2.15. The summed E-state index contributed by atoms with van der Waals surface area (Å²) in [7, 11) is 0. The van der Waals surface area contributed by atoms with E-state index in [9.17, 15) is 14.9 Å². The third-order valence-electron chi connectivity index (χ3n) is 2.90. The van der Waals surface area contributed by atoms with E-state index in [1.165, 1.54) is 24.5 Å². The molecule has 3 aromatic rings. The van der Waals surface area contributed by atoms with Crippen LogP contribution < -0.4 is 5.32 Å². The summed E-state index contributed by atoms with van der Waals surface area (Å²) >= 11 is 1.16. The number of aryl methyl sites for hydroxylation is 1. The summed E-state index contributed by atoms with van der Waals surface area (Å²) in [5, 5.41) is 13.7. The number of amides is 1. The zero-order valence-electron chi connectivity index (χ0n) is 11.3. The summed E-state index contributed by atoms with van der Waals surface area (Å²) in [6.45, 7) is 1.68. The molecule has 22 heavy (non-hydrogen) atoms. The predicted molar refractivity (Wildman–Crippen MR) is 81.0 cm³/mol. The lowest BCUT2D eigenvalue weighted by Crippen LogP contribution is -2.15. The molecule has 0 atom stereocenters. The van der Waals surface area contributed by atoms with Crippen molar-refractivity contribution in [3.63, 3.8) is 0 Å². The number of non-ortho nitro benzene ring substituents is 1. The fourth-order valence-electron chi connectivity index (χ4n) is 1.87. The molecule has 0 unspecified atom stereocenters. The van der Waals surface area contributed by atoms with Crippen molar-refractivity contribution in [3.8, 4) is 0 Å². The van der Waals surface area contributed by atoms with Gasteiger partial charge in [0.05, 0.1) is 20.8 Å². The molecular formula is C13H9N5O3S. The van der Waals surface area contributed by atoms with Gasteiger partial charge >= 0.3 is 0 Å². The van der Waals surface area contributed by atoms with Crippen molar-refractivity contribution in [2.45, 2.75) is 6.92 Å². The Hall–Kier alpha value is -2.94. The summed E-state index contributed by atoms with van der Waals surface area (Å²) in [6, 6.07) is 4.35. The number of nitro groups is 1. The first-order chi connectivity index (χ1) is 10.5. The molecule has 1 aromatic carbocycles. The summed E-state index contributed by atoms with van der Waals surface area (Å²) in [5.41, 5.74) is 1.30. The molecule has 0 aliphatic rings. The van der Waals surface area contributed by atoms with Crippen LogP contribution in [0.3, 0.4) is 0 Å². The average molecular weight is 315 g/mol. The highest BCUT2D eigenvalue weighted by atomic mass is 32.1. The van der Waals surface area contributed by atoms with Gasteiger partial charge in [-0.25, -0.2) is 9.97 Å². The van der Waals surface area contributed by atoms with Gasteiger partial charge in [-0.15, -0.1) is 0 Å². The molecule has 0 fully saturated rings. The van der Waals surface area contributed by atoms with Crippen molar-refractivity contribution in [3.05, 3.63) is 52.1 Å². The van der Waals surface area contributed by atoms with Crippen LogP contribution in [0.5, 0.6) is 0 Å². The van der Waals surface area contributed by atoms with Crippen molar-refractivity contribution in [1.82, 2.24) is 15.0 Å². The lowest BCUT2D eigenvalue weighted by Gasteiger charge is -2.02. The number of thiazole rings is 1. The van der Waals surface area contributed by atoms with Crippen LogP contribution in [0.1, 0.15) is 16.2 Å². The third kappa shape index (κ3) is 2.61. The zero-order chi connectivity index (χ0) is 15.7. The quantitative estimate of drug-likeness (QED) is 0.587. The molecule has 8 nitrogen and oxygen atoms in total. The number of carbonyl (C=O) groups is 1. The van der Waals surface area contributed by atoms with Gasteiger partial charge in [-0.05, 0) is 13.0 Å². The van der Waals surface area contributed by atoms with Gasteiger partial charge < -0.3 is 0 Å². The number of nitro benzene ring substituents is 1. The number of carbonyl (C=O) groups excluding carboxylic acids is 1. The van der Waals surface area contributed by atoms with Crippen LogP contribution in [-0.4, -0.2) is 25.8 Å². The Balaban J connectivity index is 1.89. The molecule has 0 saturated carbocycles. The average Bonchev–Trinajstić information content (AvgIpc) is 2.88. The van der Waals surface area contributed by atoms with E-state index in [4.69, 9.17) is 0 Å². The maximum atomic E-state index is 12.1. The van der Waals surface area contributed by atoms with Crippen LogP contribution in [0, 0.1) is 17.0 Å². The van der Waals surface area contributed by atoms with Crippen molar-refractivity contribution in [1.29, 1.82) is 0 Å². The first kappa shape index (κ1) is 14.0. The SMILES string of the molecule is Cc1nccnc1C(=O)Nc1nc2ccc([N+](=O)[O-])cc2s1. The van der Waals surface area contributed by atoms with Crippen molar-refractivity contribution >= 4 is 38.3 Å². The second kappa shape index (κ2) is 5.45. The summed E-state index contributed by atoms with van der Waals surface area (Å²) in [4.78, 5) is 34.6. The molecule has 3 rings (SSSR count).